The SMILES string of the molecule is CC(C)N1C(=O)c2ccccc2N2C(=O)CC[C@]21C(=O)OCCOc1ccccc1. The number of hydrogen-bond donors (Lipinski definition) is 0. The fraction of sp³-hybridized carbons (Fsp3) is 0.348. The maximum absolute atomic E-state index is 13.4. The van der Waals surface area contributed by atoms with Crippen LogP contribution in [0.3, 0.4) is 0 Å². The Bertz CT molecular complexity index is 975. The van der Waals surface area contributed by atoms with Crippen molar-refractivity contribution in [2.75, 3.05) is 18.1 Å². The largest absolute Gasteiger partial charge is 0.490 e. The fourth-order valence-electron chi connectivity index (χ4n) is 4.30. The molecule has 1 saturated heterocycles. The molecule has 0 aromatic heterocycles. The first kappa shape index (κ1) is 19.9. The average molecular weight is 408 g/mol. The van der Waals surface area contributed by atoms with Crippen LogP contribution < -0.4 is 9.64 Å². The predicted octanol–water partition coefficient (Wildman–Crippen LogP) is 3.00. The second-order valence-electron chi connectivity index (χ2n) is 7.63. The second kappa shape index (κ2) is 7.82. The summed E-state index contributed by atoms with van der Waals surface area (Å²) in [5, 5.41) is 0. The highest BCUT2D eigenvalue weighted by molar-refractivity contribution is 6.15. The van der Waals surface area contributed by atoms with Crippen molar-refractivity contribution < 1.29 is 23.9 Å². The van der Waals surface area contributed by atoms with Gasteiger partial charge in [-0.05, 0) is 38.1 Å². The monoisotopic (exact) mass is 408 g/mol. The lowest BCUT2D eigenvalue weighted by molar-refractivity contribution is -0.159. The predicted molar refractivity (Wildman–Crippen MR) is 110 cm³/mol. The Labute approximate surface area is 175 Å². The Morgan fingerprint density at radius 3 is 2.47 bits per heavy atom. The third-order valence-electron chi connectivity index (χ3n) is 5.47. The smallest absolute Gasteiger partial charge is 0.353 e. The molecule has 0 N–H and O–H groups in total. The third kappa shape index (κ3) is 3.10. The van der Waals surface area contributed by atoms with Gasteiger partial charge in [-0.25, -0.2) is 4.79 Å². The van der Waals surface area contributed by atoms with Gasteiger partial charge in [0.2, 0.25) is 11.6 Å². The van der Waals surface area contributed by atoms with Crippen molar-refractivity contribution in [1.82, 2.24) is 4.90 Å². The van der Waals surface area contributed by atoms with Crippen LogP contribution in [-0.4, -0.2) is 47.6 Å². The van der Waals surface area contributed by atoms with Gasteiger partial charge in [0, 0.05) is 18.9 Å². The van der Waals surface area contributed by atoms with Gasteiger partial charge in [0.1, 0.15) is 19.0 Å². The molecule has 2 aromatic rings. The van der Waals surface area contributed by atoms with E-state index in [0.717, 1.165) is 0 Å². The molecule has 4 rings (SSSR count). The van der Waals surface area contributed by atoms with Gasteiger partial charge >= 0.3 is 5.97 Å². The Balaban J connectivity index is 1.61. The summed E-state index contributed by atoms with van der Waals surface area (Å²) in [4.78, 5) is 42.4. The van der Waals surface area contributed by atoms with E-state index in [1.807, 2.05) is 44.2 Å². The Morgan fingerprint density at radius 1 is 1.03 bits per heavy atom. The van der Waals surface area contributed by atoms with Crippen LogP contribution in [0.4, 0.5) is 5.69 Å². The lowest BCUT2D eigenvalue weighted by atomic mass is 9.95. The quantitative estimate of drug-likeness (QED) is 0.543. The first-order valence-electron chi connectivity index (χ1n) is 10.1. The highest BCUT2D eigenvalue weighted by Gasteiger charge is 2.62. The van der Waals surface area contributed by atoms with Gasteiger partial charge in [-0.1, -0.05) is 30.3 Å². The zero-order valence-electron chi connectivity index (χ0n) is 17.0. The molecule has 30 heavy (non-hydrogen) atoms. The summed E-state index contributed by atoms with van der Waals surface area (Å²) in [5.41, 5.74) is -0.597. The number of carbonyl (C=O) groups is 3. The number of rotatable bonds is 6. The first-order chi connectivity index (χ1) is 14.5. The number of fused-ring (bicyclic) bond motifs is 3. The zero-order valence-corrected chi connectivity index (χ0v) is 17.0. The summed E-state index contributed by atoms with van der Waals surface area (Å²) < 4.78 is 11.1. The van der Waals surface area contributed by atoms with Gasteiger partial charge in [-0.15, -0.1) is 0 Å². The molecule has 2 aliphatic heterocycles. The highest BCUT2D eigenvalue weighted by Crippen LogP contribution is 2.45. The number of para-hydroxylation sites is 2. The minimum atomic E-state index is -1.47. The minimum absolute atomic E-state index is 0.0132. The van der Waals surface area contributed by atoms with Crippen molar-refractivity contribution in [3.8, 4) is 5.75 Å². The van der Waals surface area contributed by atoms with Crippen molar-refractivity contribution in [2.24, 2.45) is 0 Å². The minimum Gasteiger partial charge on any atom is -0.490 e. The number of amides is 2. The molecule has 0 saturated carbocycles. The molecular formula is C23H24N2O5. The number of anilines is 1. The molecule has 7 nitrogen and oxygen atoms in total. The number of carbonyl (C=O) groups excluding carboxylic acids is 3. The lowest BCUT2D eigenvalue weighted by Crippen LogP contribution is -2.70. The molecule has 1 atom stereocenters. The summed E-state index contributed by atoms with van der Waals surface area (Å²) in [5.74, 6) is -0.404. The highest BCUT2D eigenvalue weighted by atomic mass is 16.6. The Morgan fingerprint density at radius 2 is 1.73 bits per heavy atom. The van der Waals surface area contributed by atoms with Crippen LogP contribution in [0.25, 0.3) is 0 Å². The van der Waals surface area contributed by atoms with E-state index in [-0.39, 0.29) is 43.9 Å². The van der Waals surface area contributed by atoms with Gasteiger partial charge in [-0.3, -0.25) is 14.5 Å². The summed E-state index contributed by atoms with van der Waals surface area (Å²) in [6, 6.07) is 15.8. The van der Waals surface area contributed by atoms with Crippen LogP contribution in [0, 0.1) is 0 Å². The van der Waals surface area contributed by atoms with E-state index in [2.05, 4.69) is 0 Å². The molecule has 2 heterocycles. The van der Waals surface area contributed by atoms with E-state index in [0.29, 0.717) is 17.0 Å². The normalized spacial score (nSPS) is 20.2. The van der Waals surface area contributed by atoms with Crippen LogP contribution in [0.15, 0.2) is 54.6 Å². The average Bonchev–Trinajstić information content (AvgIpc) is 3.10. The maximum Gasteiger partial charge on any atom is 0.353 e. The molecule has 1 fully saturated rings. The maximum atomic E-state index is 13.4. The first-order valence-corrected chi connectivity index (χ1v) is 10.1. The molecule has 0 spiro atoms. The number of esters is 1. The molecule has 0 aliphatic carbocycles. The van der Waals surface area contributed by atoms with Crippen LogP contribution in [0.2, 0.25) is 0 Å². The van der Waals surface area contributed by atoms with E-state index in [4.69, 9.17) is 9.47 Å². The Hall–Kier alpha value is -3.35. The van der Waals surface area contributed by atoms with E-state index in [1.54, 1.807) is 24.3 Å². The van der Waals surface area contributed by atoms with Crippen molar-refractivity contribution in [2.45, 2.75) is 38.4 Å². The lowest BCUT2D eigenvalue weighted by Gasteiger charge is -2.50. The summed E-state index contributed by atoms with van der Waals surface area (Å²) in [6.07, 6.45) is 0.364. The van der Waals surface area contributed by atoms with Crippen molar-refractivity contribution in [3.05, 3.63) is 60.2 Å². The van der Waals surface area contributed by atoms with E-state index < -0.39 is 11.6 Å². The molecule has 0 bridgehead atoms. The number of hydrogen-bond acceptors (Lipinski definition) is 5. The van der Waals surface area contributed by atoms with Gasteiger partial charge in [0.15, 0.2) is 0 Å². The topological polar surface area (TPSA) is 76.2 Å². The van der Waals surface area contributed by atoms with Crippen LogP contribution in [-0.2, 0) is 14.3 Å². The summed E-state index contributed by atoms with van der Waals surface area (Å²) in [6.45, 7) is 3.85. The molecule has 2 aliphatic rings. The molecule has 0 unspecified atom stereocenters. The van der Waals surface area contributed by atoms with Crippen molar-refractivity contribution in [3.63, 3.8) is 0 Å². The number of benzene rings is 2. The molecule has 0 radical (unpaired) electrons. The zero-order chi connectivity index (χ0) is 21.3. The summed E-state index contributed by atoms with van der Waals surface area (Å²) in [7, 11) is 0. The van der Waals surface area contributed by atoms with E-state index in [9.17, 15) is 14.4 Å². The second-order valence-corrected chi connectivity index (χ2v) is 7.63. The molecule has 2 amide bonds. The van der Waals surface area contributed by atoms with E-state index in [1.165, 1.54) is 9.80 Å². The third-order valence-corrected chi connectivity index (χ3v) is 5.47. The van der Waals surface area contributed by atoms with Gasteiger partial charge in [0.25, 0.3) is 5.91 Å². The standard InChI is InChI=1S/C23H24N2O5/c1-16(2)24-21(27)18-10-6-7-11-19(18)25-20(26)12-13-23(24,25)22(28)30-15-14-29-17-8-4-3-5-9-17/h3-11,16H,12-15H2,1-2H3/t23-/m1/s1. The summed E-state index contributed by atoms with van der Waals surface area (Å²) >= 11 is 0. The van der Waals surface area contributed by atoms with Gasteiger partial charge in [-0.2, -0.15) is 0 Å². The Kier molecular flexibility index (Phi) is 5.20. The van der Waals surface area contributed by atoms with Crippen molar-refractivity contribution in [1.29, 1.82) is 0 Å². The fourth-order valence-corrected chi connectivity index (χ4v) is 4.30. The van der Waals surface area contributed by atoms with Gasteiger partial charge in [0.05, 0.1) is 11.3 Å². The molecule has 7 heteroatoms. The molecular weight excluding hydrogens is 384 g/mol. The van der Waals surface area contributed by atoms with Crippen molar-refractivity contribution >= 4 is 23.5 Å². The molecule has 156 valence electrons. The number of ether oxygens (including phenoxy) is 2. The number of nitrogens with zero attached hydrogens (tertiary/aromatic N) is 2. The van der Waals surface area contributed by atoms with Crippen LogP contribution >= 0.6 is 0 Å². The van der Waals surface area contributed by atoms with Crippen LogP contribution in [0.5, 0.6) is 5.75 Å². The van der Waals surface area contributed by atoms with Gasteiger partial charge < -0.3 is 14.4 Å². The van der Waals surface area contributed by atoms with E-state index >= 15 is 0 Å². The molecule has 2 aromatic carbocycles. The van der Waals surface area contributed by atoms with Crippen LogP contribution in [0.1, 0.15) is 37.0 Å².